The number of hydrogen-bond donors (Lipinski definition) is 1. The Kier molecular flexibility index (Phi) is 4.00. The number of aryl methyl sites for hydroxylation is 1. The van der Waals surface area contributed by atoms with E-state index in [1.54, 1.807) is 19.2 Å². The SMILES string of the molecule is COC1CCCC(Nc2cc(C)cc(F)c2)C1. The van der Waals surface area contributed by atoms with E-state index in [0.29, 0.717) is 12.1 Å². The molecule has 0 amide bonds. The fourth-order valence-electron chi connectivity index (χ4n) is 2.55. The van der Waals surface area contributed by atoms with Crippen LogP contribution in [0.3, 0.4) is 0 Å². The Morgan fingerprint density at radius 2 is 2.12 bits per heavy atom. The molecule has 0 aromatic heterocycles. The van der Waals surface area contributed by atoms with E-state index in [-0.39, 0.29) is 5.82 Å². The van der Waals surface area contributed by atoms with Gasteiger partial charge in [-0.25, -0.2) is 4.39 Å². The van der Waals surface area contributed by atoms with Gasteiger partial charge in [-0.05, 0) is 56.4 Å². The van der Waals surface area contributed by atoms with Gasteiger partial charge in [-0.3, -0.25) is 0 Å². The number of rotatable bonds is 3. The van der Waals surface area contributed by atoms with E-state index in [9.17, 15) is 4.39 Å². The highest BCUT2D eigenvalue weighted by Gasteiger charge is 2.21. The van der Waals surface area contributed by atoms with E-state index in [2.05, 4.69) is 5.32 Å². The Morgan fingerprint density at radius 1 is 1.29 bits per heavy atom. The third kappa shape index (κ3) is 3.43. The number of anilines is 1. The molecule has 0 saturated heterocycles. The third-order valence-electron chi connectivity index (χ3n) is 3.37. The number of methoxy groups -OCH3 is 1. The molecule has 1 saturated carbocycles. The molecule has 2 unspecified atom stereocenters. The Labute approximate surface area is 102 Å². The van der Waals surface area contributed by atoms with Gasteiger partial charge in [-0.15, -0.1) is 0 Å². The average Bonchev–Trinajstić information content (AvgIpc) is 2.28. The van der Waals surface area contributed by atoms with Gasteiger partial charge < -0.3 is 10.1 Å². The summed E-state index contributed by atoms with van der Waals surface area (Å²) in [5.74, 6) is -0.174. The van der Waals surface area contributed by atoms with Gasteiger partial charge in [0.15, 0.2) is 0 Å². The van der Waals surface area contributed by atoms with E-state index in [1.165, 1.54) is 6.42 Å². The lowest BCUT2D eigenvalue weighted by molar-refractivity contribution is 0.0669. The molecule has 0 bridgehead atoms. The van der Waals surface area contributed by atoms with Crippen LogP contribution in [0.15, 0.2) is 18.2 Å². The summed E-state index contributed by atoms with van der Waals surface area (Å²) in [7, 11) is 1.76. The summed E-state index contributed by atoms with van der Waals surface area (Å²) in [6, 6.07) is 5.49. The first kappa shape index (κ1) is 12.4. The highest BCUT2D eigenvalue weighted by molar-refractivity contribution is 5.46. The predicted octanol–water partition coefficient (Wildman–Crippen LogP) is 3.50. The van der Waals surface area contributed by atoms with Gasteiger partial charge in [0.2, 0.25) is 0 Å². The van der Waals surface area contributed by atoms with E-state index < -0.39 is 0 Å². The quantitative estimate of drug-likeness (QED) is 0.868. The fourth-order valence-corrected chi connectivity index (χ4v) is 2.55. The lowest BCUT2D eigenvalue weighted by atomic mass is 9.92. The number of hydrogen-bond acceptors (Lipinski definition) is 2. The first-order chi connectivity index (χ1) is 8.17. The van der Waals surface area contributed by atoms with Crippen molar-refractivity contribution in [2.45, 2.75) is 44.8 Å². The van der Waals surface area contributed by atoms with Crippen molar-refractivity contribution in [2.24, 2.45) is 0 Å². The van der Waals surface area contributed by atoms with Gasteiger partial charge >= 0.3 is 0 Å². The van der Waals surface area contributed by atoms with Crippen LogP contribution in [-0.2, 0) is 4.74 Å². The monoisotopic (exact) mass is 237 g/mol. The van der Waals surface area contributed by atoms with Crippen LogP contribution in [0.25, 0.3) is 0 Å². The number of ether oxygens (including phenoxy) is 1. The lowest BCUT2D eigenvalue weighted by Crippen LogP contribution is -2.31. The summed E-state index contributed by atoms with van der Waals surface area (Å²) < 4.78 is 18.7. The minimum absolute atomic E-state index is 0.174. The summed E-state index contributed by atoms with van der Waals surface area (Å²) >= 11 is 0. The van der Waals surface area contributed by atoms with Crippen LogP contribution >= 0.6 is 0 Å². The molecule has 2 atom stereocenters. The van der Waals surface area contributed by atoms with Crippen molar-refractivity contribution in [1.82, 2.24) is 0 Å². The van der Waals surface area contributed by atoms with Crippen molar-refractivity contribution in [1.29, 1.82) is 0 Å². The van der Waals surface area contributed by atoms with E-state index in [1.807, 2.05) is 13.0 Å². The van der Waals surface area contributed by atoms with E-state index >= 15 is 0 Å². The van der Waals surface area contributed by atoms with Gasteiger partial charge in [0, 0.05) is 18.8 Å². The number of halogens is 1. The van der Waals surface area contributed by atoms with Crippen molar-refractivity contribution in [2.75, 3.05) is 12.4 Å². The lowest BCUT2D eigenvalue weighted by Gasteiger charge is -2.29. The van der Waals surface area contributed by atoms with Gasteiger partial charge in [0.1, 0.15) is 5.82 Å². The predicted molar refractivity (Wildman–Crippen MR) is 67.8 cm³/mol. The maximum atomic E-state index is 13.3. The highest BCUT2D eigenvalue weighted by Crippen LogP contribution is 2.24. The Bertz CT molecular complexity index is 360. The smallest absolute Gasteiger partial charge is 0.125 e. The summed E-state index contributed by atoms with van der Waals surface area (Å²) in [6.07, 6.45) is 4.79. The van der Waals surface area contributed by atoms with Crippen molar-refractivity contribution in [3.63, 3.8) is 0 Å². The molecule has 1 aliphatic rings. The van der Waals surface area contributed by atoms with Crippen LogP contribution in [0.1, 0.15) is 31.2 Å². The van der Waals surface area contributed by atoms with Crippen LogP contribution in [0.2, 0.25) is 0 Å². The van der Waals surface area contributed by atoms with Crippen molar-refractivity contribution in [3.8, 4) is 0 Å². The van der Waals surface area contributed by atoms with Gasteiger partial charge in [0.25, 0.3) is 0 Å². The Hall–Kier alpha value is -1.09. The molecule has 0 aliphatic heterocycles. The molecular formula is C14H20FNO. The van der Waals surface area contributed by atoms with E-state index in [0.717, 1.165) is 30.5 Å². The van der Waals surface area contributed by atoms with Crippen molar-refractivity contribution in [3.05, 3.63) is 29.6 Å². The van der Waals surface area contributed by atoms with Crippen LogP contribution in [0.5, 0.6) is 0 Å². The Morgan fingerprint density at radius 3 is 2.82 bits per heavy atom. The highest BCUT2D eigenvalue weighted by atomic mass is 19.1. The molecule has 2 nitrogen and oxygen atoms in total. The van der Waals surface area contributed by atoms with Crippen molar-refractivity contribution >= 4 is 5.69 Å². The topological polar surface area (TPSA) is 21.3 Å². The third-order valence-corrected chi connectivity index (χ3v) is 3.37. The summed E-state index contributed by atoms with van der Waals surface area (Å²) in [5, 5.41) is 3.41. The summed E-state index contributed by atoms with van der Waals surface area (Å²) in [4.78, 5) is 0. The first-order valence-electron chi connectivity index (χ1n) is 6.24. The van der Waals surface area contributed by atoms with Gasteiger partial charge in [-0.2, -0.15) is 0 Å². The molecule has 3 heteroatoms. The second-order valence-corrected chi connectivity index (χ2v) is 4.88. The average molecular weight is 237 g/mol. The molecular weight excluding hydrogens is 217 g/mol. The number of benzene rings is 1. The molecule has 1 aliphatic carbocycles. The summed E-state index contributed by atoms with van der Waals surface area (Å²) in [6.45, 7) is 1.91. The molecule has 0 radical (unpaired) electrons. The minimum Gasteiger partial charge on any atom is -0.382 e. The molecule has 0 heterocycles. The normalized spacial score (nSPS) is 24.6. The molecule has 1 fully saturated rings. The zero-order valence-electron chi connectivity index (χ0n) is 10.5. The first-order valence-corrected chi connectivity index (χ1v) is 6.24. The number of nitrogens with one attached hydrogen (secondary N) is 1. The standard InChI is InChI=1S/C14H20FNO/c1-10-6-11(15)8-13(7-10)16-12-4-3-5-14(9-12)17-2/h6-8,12,14,16H,3-5,9H2,1-2H3. The summed E-state index contributed by atoms with van der Waals surface area (Å²) in [5.41, 5.74) is 1.83. The molecule has 17 heavy (non-hydrogen) atoms. The maximum absolute atomic E-state index is 13.3. The molecule has 1 aromatic rings. The van der Waals surface area contributed by atoms with Crippen LogP contribution < -0.4 is 5.32 Å². The molecule has 0 spiro atoms. The zero-order chi connectivity index (χ0) is 12.3. The minimum atomic E-state index is -0.174. The second kappa shape index (κ2) is 5.50. The van der Waals surface area contributed by atoms with Crippen LogP contribution in [0, 0.1) is 12.7 Å². The fraction of sp³-hybridized carbons (Fsp3) is 0.571. The van der Waals surface area contributed by atoms with Crippen LogP contribution in [0.4, 0.5) is 10.1 Å². The van der Waals surface area contributed by atoms with Crippen LogP contribution in [-0.4, -0.2) is 19.3 Å². The van der Waals surface area contributed by atoms with Gasteiger partial charge in [-0.1, -0.05) is 0 Å². The largest absolute Gasteiger partial charge is 0.382 e. The van der Waals surface area contributed by atoms with Gasteiger partial charge in [0.05, 0.1) is 6.10 Å². The zero-order valence-corrected chi connectivity index (χ0v) is 10.5. The molecule has 1 N–H and O–H groups in total. The second-order valence-electron chi connectivity index (χ2n) is 4.88. The molecule has 2 rings (SSSR count). The van der Waals surface area contributed by atoms with Crippen molar-refractivity contribution < 1.29 is 9.13 Å². The Balaban J connectivity index is 2.00. The maximum Gasteiger partial charge on any atom is 0.125 e. The molecule has 94 valence electrons. The van der Waals surface area contributed by atoms with E-state index in [4.69, 9.17) is 4.74 Å². The molecule has 1 aromatic carbocycles.